The van der Waals surface area contributed by atoms with Crippen LogP contribution in [0.1, 0.15) is 18.9 Å². The maximum absolute atomic E-state index is 2.23. The van der Waals surface area contributed by atoms with Crippen LogP contribution in [0, 0.1) is 6.92 Å². The van der Waals surface area contributed by atoms with E-state index < -0.39 is 0 Å². The first-order chi connectivity index (χ1) is 4.84. The molecule has 0 aliphatic heterocycles. The van der Waals surface area contributed by atoms with Crippen molar-refractivity contribution in [1.82, 2.24) is 0 Å². The molecule has 0 saturated heterocycles. The lowest BCUT2D eigenvalue weighted by atomic mass is 10.4. The van der Waals surface area contributed by atoms with Crippen molar-refractivity contribution in [2.75, 3.05) is 5.75 Å². The number of thioether (sulfide) groups is 1. The molecule has 0 atom stereocenters. The van der Waals surface area contributed by atoms with Crippen LogP contribution in [0.4, 0.5) is 0 Å². The second-order valence-corrected chi connectivity index (χ2v) is 4.15. The van der Waals surface area contributed by atoms with E-state index in [0.29, 0.717) is 0 Å². The summed E-state index contributed by atoms with van der Waals surface area (Å²) in [6, 6.07) is 0. The highest BCUT2D eigenvalue weighted by Gasteiger charge is 1.96. The molecule has 0 saturated carbocycles. The molecule has 0 amide bonds. The average molecular weight is 172 g/mol. The van der Waals surface area contributed by atoms with Crippen molar-refractivity contribution in [1.29, 1.82) is 0 Å². The fourth-order valence-corrected chi connectivity index (χ4v) is 2.64. The molecule has 10 heavy (non-hydrogen) atoms. The van der Waals surface area contributed by atoms with Crippen LogP contribution in [0.5, 0.6) is 0 Å². The Balaban J connectivity index is 2.49. The highest BCUT2D eigenvalue weighted by atomic mass is 32.2. The third kappa shape index (κ3) is 2.03. The minimum Gasteiger partial charge on any atom is -0.151 e. The molecule has 2 heteroatoms. The summed E-state index contributed by atoms with van der Waals surface area (Å²) in [4.78, 5) is 1.46. The molecule has 56 valence electrons. The molecule has 0 N–H and O–H groups in total. The fourth-order valence-electron chi connectivity index (χ4n) is 0.709. The number of aryl methyl sites for hydroxylation is 1. The van der Waals surface area contributed by atoms with Gasteiger partial charge in [0.25, 0.3) is 0 Å². The molecule has 0 unspecified atom stereocenters. The van der Waals surface area contributed by atoms with Crippen molar-refractivity contribution >= 4 is 23.1 Å². The second-order valence-electron chi connectivity index (χ2n) is 2.27. The van der Waals surface area contributed by atoms with Gasteiger partial charge in [0.2, 0.25) is 0 Å². The van der Waals surface area contributed by atoms with Gasteiger partial charge in [-0.05, 0) is 30.0 Å². The Labute approximate surface area is 70.7 Å². The molecule has 0 nitrogen and oxygen atoms in total. The van der Waals surface area contributed by atoms with Gasteiger partial charge in [-0.15, -0.1) is 11.8 Å². The minimum absolute atomic E-state index is 1.25. The van der Waals surface area contributed by atoms with Crippen molar-refractivity contribution in [2.45, 2.75) is 25.2 Å². The van der Waals surface area contributed by atoms with E-state index >= 15 is 0 Å². The molecule has 0 bridgehead atoms. The van der Waals surface area contributed by atoms with Gasteiger partial charge in [-0.1, -0.05) is 6.92 Å². The molecule has 1 aromatic heterocycles. The van der Waals surface area contributed by atoms with Crippen LogP contribution in [-0.4, -0.2) is 5.75 Å². The zero-order valence-corrected chi connectivity index (χ0v) is 8.02. The van der Waals surface area contributed by atoms with Crippen LogP contribution in [0.15, 0.2) is 15.7 Å². The van der Waals surface area contributed by atoms with Gasteiger partial charge in [0, 0.05) is 10.3 Å². The van der Waals surface area contributed by atoms with Gasteiger partial charge in [-0.3, -0.25) is 0 Å². The molecular weight excluding hydrogens is 160 g/mol. The van der Waals surface area contributed by atoms with Crippen LogP contribution in [-0.2, 0) is 0 Å². The zero-order chi connectivity index (χ0) is 7.40. The lowest BCUT2D eigenvalue weighted by Crippen LogP contribution is -1.74. The van der Waals surface area contributed by atoms with Crippen LogP contribution in [0.3, 0.4) is 0 Å². The Morgan fingerprint density at radius 2 is 2.30 bits per heavy atom. The van der Waals surface area contributed by atoms with E-state index in [-0.39, 0.29) is 0 Å². The van der Waals surface area contributed by atoms with Crippen molar-refractivity contribution in [2.24, 2.45) is 0 Å². The maximum atomic E-state index is 2.23. The van der Waals surface area contributed by atoms with Crippen molar-refractivity contribution < 1.29 is 0 Å². The largest absolute Gasteiger partial charge is 0.151 e. The van der Waals surface area contributed by atoms with E-state index in [1.807, 2.05) is 11.8 Å². The van der Waals surface area contributed by atoms with E-state index in [2.05, 4.69) is 24.6 Å². The average Bonchev–Trinajstić information content (AvgIpc) is 2.31. The Kier molecular flexibility index (Phi) is 3.29. The molecular formula is C8H12S2. The van der Waals surface area contributed by atoms with E-state index in [4.69, 9.17) is 0 Å². The first-order valence-corrected chi connectivity index (χ1v) is 5.43. The summed E-state index contributed by atoms with van der Waals surface area (Å²) < 4.78 is 0. The van der Waals surface area contributed by atoms with E-state index in [1.54, 1.807) is 11.3 Å². The maximum Gasteiger partial charge on any atom is 0.0208 e. The number of hydrogen-bond acceptors (Lipinski definition) is 2. The first-order valence-electron chi connectivity index (χ1n) is 3.50. The van der Waals surface area contributed by atoms with Gasteiger partial charge in [-0.25, -0.2) is 0 Å². The SMILES string of the molecule is CCCSc1cscc1C. The first kappa shape index (κ1) is 8.15. The van der Waals surface area contributed by atoms with Gasteiger partial charge in [0.05, 0.1) is 0 Å². The Morgan fingerprint density at radius 3 is 2.80 bits per heavy atom. The van der Waals surface area contributed by atoms with Crippen LogP contribution < -0.4 is 0 Å². The number of thiophene rings is 1. The molecule has 0 fully saturated rings. The number of rotatable bonds is 3. The summed E-state index contributed by atoms with van der Waals surface area (Å²) >= 11 is 3.76. The molecule has 0 aliphatic rings. The molecule has 1 aromatic rings. The van der Waals surface area contributed by atoms with E-state index in [0.717, 1.165) is 0 Å². The summed E-state index contributed by atoms with van der Waals surface area (Å²) in [6.45, 7) is 4.39. The molecule has 0 aromatic carbocycles. The highest BCUT2D eigenvalue weighted by Crippen LogP contribution is 2.25. The topological polar surface area (TPSA) is 0 Å². The van der Waals surface area contributed by atoms with Crippen molar-refractivity contribution in [3.05, 3.63) is 16.3 Å². The number of hydrogen-bond donors (Lipinski definition) is 0. The van der Waals surface area contributed by atoms with Crippen molar-refractivity contribution in [3.8, 4) is 0 Å². The van der Waals surface area contributed by atoms with E-state index in [1.165, 1.54) is 22.6 Å². The summed E-state index contributed by atoms with van der Waals surface area (Å²) in [5, 5.41) is 4.44. The monoisotopic (exact) mass is 172 g/mol. The van der Waals surface area contributed by atoms with Gasteiger partial charge >= 0.3 is 0 Å². The lowest BCUT2D eigenvalue weighted by molar-refractivity contribution is 1.10. The van der Waals surface area contributed by atoms with Crippen molar-refractivity contribution in [3.63, 3.8) is 0 Å². The van der Waals surface area contributed by atoms with Crippen LogP contribution in [0.2, 0.25) is 0 Å². The summed E-state index contributed by atoms with van der Waals surface area (Å²) in [6.07, 6.45) is 1.26. The third-order valence-corrected chi connectivity index (χ3v) is 3.64. The third-order valence-electron chi connectivity index (χ3n) is 1.27. The standard InChI is InChI=1S/C8H12S2/c1-3-4-10-8-6-9-5-7(8)2/h5-6H,3-4H2,1-2H3. The fraction of sp³-hybridized carbons (Fsp3) is 0.500. The van der Waals surface area contributed by atoms with E-state index in [9.17, 15) is 0 Å². The quantitative estimate of drug-likeness (QED) is 0.628. The second kappa shape index (κ2) is 4.04. The Bertz CT molecular complexity index is 191. The van der Waals surface area contributed by atoms with Gasteiger partial charge < -0.3 is 0 Å². The summed E-state index contributed by atoms with van der Waals surface area (Å²) in [5.41, 5.74) is 1.43. The van der Waals surface area contributed by atoms with Gasteiger partial charge in [0.15, 0.2) is 0 Å². The summed E-state index contributed by atoms with van der Waals surface area (Å²) in [7, 11) is 0. The van der Waals surface area contributed by atoms with Gasteiger partial charge in [0.1, 0.15) is 0 Å². The smallest absolute Gasteiger partial charge is 0.0208 e. The van der Waals surface area contributed by atoms with Crippen LogP contribution >= 0.6 is 23.1 Å². The molecule has 1 heterocycles. The lowest BCUT2D eigenvalue weighted by Gasteiger charge is -1.95. The molecule has 0 aliphatic carbocycles. The predicted molar refractivity (Wildman–Crippen MR) is 50.1 cm³/mol. The highest BCUT2D eigenvalue weighted by molar-refractivity contribution is 7.99. The minimum atomic E-state index is 1.25. The molecule has 0 radical (unpaired) electrons. The summed E-state index contributed by atoms with van der Waals surface area (Å²) in [5.74, 6) is 1.25. The van der Waals surface area contributed by atoms with Gasteiger partial charge in [-0.2, -0.15) is 11.3 Å². The zero-order valence-electron chi connectivity index (χ0n) is 6.39. The molecule has 0 spiro atoms. The Hall–Kier alpha value is 0.0500. The molecule has 1 rings (SSSR count). The van der Waals surface area contributed by atoms with Crippen LogP contribution in [0.25, 0.3) is 0 Å². The normalized spacial score (nSPS) is 10.2. The Morgan fingerprint density at radius 1 is 1.50 bits per heavy atom. The predicted octanol–water partition coefficient (Wildman–Crippen LogP) is 3.56.